The maximum Gasteiger partial charge on any atom is 0.257 e. The van der Waals surface area contributed by atoms with Crippen molar-refractivity contribution in [3.05, 3.63) is 84.4 Å². The van der Waals surface area contributed by atoms with Gasteiger partial charge in [0.1, 0.15) is 17.2 Å². The summed E-state index contributed by atoms with van der Waals surface area (Å²) in [4.78, 5) is 26.1. The fourth-order valence-corrected chi connectivity index (χ4v) is 5.73. The Labute approximate surface area is 248 Å². The van der Waals surface area contributed by atoms with E-state index in [4.69, 9.17) is 8.83 Å². The first-order valence-electron chi connectivity index (χ1n) is 13.1. The van der Waals surface area contributed by atoms with E-state index in [2.05, 4.69) is 20.3 Å². The van der Waals surface area contributed by atoms with Gasteiger partial charge in [-0.1, -0.05) is 0 Å². The lowest BCUT2D eigenvalue weighted by Gasteiger charge is -2.24. The third-order valence-corrected chi connectivity index (χ3v) is 7.93. The number of nitrogens with one attached hydrogen (secondary N) is 1. The fourth-order valence-electron chi connectivity index (χ4n) is 4.84. The molecule has 0 saturated heterocycles. The minimum absolute atomic E-state index is 0.0331. The molecular formula is C30H22F3N5O5S. The van der Waals surface area contributed by atoms with Gasteiger partial charge in [0.25, 0.3) is 12.3 Å². The van der Waals surface area contributed by atoms with Crippen molar-refractivity contribution in [1.82, 2.24) is 20.3 Å². The van der Waals surface area contributed by atoms with E-state index < -0.39 is 34.7 Å². The van der Waals surface area contributed by atoms with Gasteiger partial charge in [-0.05, 0) is 54.6 Å². The second-order valence-electron chi connectivity index (χ2n) is 9.72. The molecule has 14 heteroatoms. The summed E-state index contributed by atoms with van der Waals surface area (Å²) in [5.74, 6) is -0.782. The summed E-state index contributed by atoms with van der Waals surface area (Å²) in [6.07, 6.45) is 0.775. The molecule has 44 heavy (non-hydrogen) atoms. The van der Waals surface area contributed by atoms with Crippen molar-refractivity contribution >= 4 is 43.8 Å². The van der Waals surface area contributed by atoms with Crippen molar-refractivity contribution in [2.45, 2.75) is 6.43 Å². The number of pyridine rings is 2. The summed E-state index contributed by atoms with van der Waals surface area (Å²) in [6, 6.07) is 14.5. The highest BCUT2D eigenvalue weighted by atomic mass is 32.2. The monoisotopic (exact) mass is 621 g/mol. The van der Waals surface area contributed by atoms with Crippen LogP contribution in [0.3, 0.4) is 0 Å². The highest BCUT2D eigenvalue weighted by Gasteiger charge is 2.29. The van der Waals surface area contributed by atoms with Crippen LogP contribution in [0.15, 0.2) is 81.9 Å². The molecule has 2 aromatic carbocycles. The Morgan fingerprint density at radius 3 is 2.43 bits per heavy atom. The molecule has 224 valence electrons. The van der Waals surface area contributed by atoms with E-state index >= 15 is 0 Å². The van der Waals surface area contributed by atoms with Gasteiger partial charge >= 0.3 is 0 Å². The van der Waals surface area contributed by atoms with Gasteiger partial charge in [-0.15, -0.1) is 0 Å². The predicted octanol–water partition coefficient (Wildman–Crippen LogP) is 5.89. The molecule has 6 rings (SSSR count). The molecule has 0 saturated carbocycles. The zero-order chi connectivity index (χ0) is 31.2. The zero-order valence-electron chi connectivity index (χ0n) is 23.1. The van der Waals surface area contributed by atoms with E-state index in [0.717, 1.165) is 6.26 Å². The first kappa shape index (κ1) is 28.9. The Hall–Kier alpha value is -5.24. The second-order valence-corrected chi connectivity index (χ2v) is 11.6. The molecule has 4 aromatic heterocycles. The molecular weight excluding hydrogens is 599 g/mol. The minimum Gasteiger partial charge on any atom is -0.455 e. The molecule has 0 radical (unpaired) electrons. The van der Waals surface area contributed by atoms with Crippen LogP contribution in [0.4, 0.5) is 18.9 Å². The van der Waals surface area contributed by atoms with Gasteiger partial charge in [-0.2, -0.15) is 4.98 Å². The lowest BCUT2D eigenvalue weighted by atomic mass is 10.00. The molecule has 1 N–H and O–H groups in total. The van der Waals surface area contributed by atoms with Crippen LogP contribution >= 0.6 is 0 Å². The number of aromatic nitrogens is 3. The number of halogens is 3. The number of fused-ring (bicyclic) bond motifs is 2. The van der Waals surface area contributed by atoms with Gasteiger partial charge in [0.2, 0.25) is 15.9 Å². The van der Waals surface area contributed by atoms with E-state index in [-0.39, 0.29) is 45.1 Å². The summed E-state index contributed by atoms with van der Waals surface area (Å²) < 4.78 is 79.3. The van der Waals surface area contributed by atoms with Crippen LogP contribution in [0.5, 0.6) is 0 Å². The standard InChI is InChI=1S/C30H22F3N5O5S/c1-34-29(39)26-20-13-19(21-12-17(9-11-35-21)30-37-28-23(43-30)4-3-10-36-28)22(38(15-25(32)33)44(2,40)41)14-24(20)42-27(26)16-5-7-18(31)8-6-16/h3-14,25H,15H2,1-2H3,(H,34,39). The average Bonchev–Trinajstić information content (AvgIpc) is 3.60. The SMILES string of the molecule is CNC(=O)c1c(-c2ccc(F)cc2)oc2cc(N(CC(F)F)S(C)(=O)=O)c(-c3cc(-c4nc5ncccc5o4)ccn3)cc12. The topological polar surface area (TPSA) is 131 Å². The maximum absolute atomic E-state index is 13.8. The number of nitrogens with zero attached hydrogens (tertiary/aromatic N) is 4. The Morgan fingerprint density at radius 2 is 1.75 bits per heavy atom. The number of rotatable bonds is 8. The van der Waals surface area contributed by atoms with Gasteiger partial charge < -0.3 is 14.2 Å². The molecule has 0 fully saturated rings. The smallest absolute Gasteiger partial charge is 0.257 e. The number of anilines is 1. The lowest BCUT2D eigenvalue weighted by molar-refractivity contribution is 0.0964. The van der Waals surface area contributed by atoms with Crippen molar-refractivity contribution in [2.24, 2.45) is 0 Å². The fraction of sp³-hybridized carbons (Fsp3) is 0.133. The first-order chi connectivity index (χ1) is 21.0. The van der Waals surface area contributed by atoms with Crippen molar-refractivity contribution in [2.75, 3.05) is 24.2 Å². The number of carbonyl (C=O) groups excluding carboxylic acids is 1. The highest BCUT2D eigenvalue weighted by Crippen LogP contribution is 2.42. The van der Waals surface area contributed by atoms with E-state index in [1.54, 1.807) is 30.5 Å². The Balaban J connectivity index is 1.63. The van der Waals surface area contributed by atoms with Gasteiger partial charge in [-0.3, -0.25) is 14.1 Å². The largest absolute Gasteiger partial charge is 0.455 e. The Bertz CT molecular complexity index is 2110. The number of hydrogen-bond acceptors (Lipinski definition) is 8. The number of carbonyl (C=O) groups is 1. The second kappa shape index (κ2) is 11.1. The van der Waals surface area contributed by atoms with Gasteiger partial charge in [0, 0.05) is 47.6 Å². The molecule has 1 amide bonds. The number of sulfonamides is 1. The minimum atomic E-state index is -4.25. The molecule has 0 aliphatic rings. The lowest BCUT2D eigenvalue weighted by Crippen LogP contribution is -2.34. The maximum atomic E-state index is 13.8. The summed E-state index contributed by atoms with van der Waals surface area (Å²) in [5, 5.41) is 2.79. The molecule has 6 aromatic rings. The van der Waals surface area contributed by atoms with Crippen LogP contribution in [0, 0.1) is 5.82 Å². The van der Waals surface area contributed by atoms with E-state index in [0.29, 0.717) is 26.7 Å². The van der Waals surface area contributed by atoms with Crippen LogP contribution in [-0.4, -0.2) is 55.6 Å². The zero-order valence-corrected chi connectivity index (χ0v) is 23.9. The number of hydrogen-bond donors (Lipinski definition) is 1. The quantitative estimate of drug-likeness (QED) is 0.223. The summed E-state index contributed by atoms with van der Waals surface area (Å²) in [5.41, 5.74) is 1.84. The van der Waals surface area contributed by atoms with Gasteiger partial charge in [-0.25, -0.2) is 26.6 Å². The average molecular weight is 622 g/mol. The van der Waals surface area contributed by atoms with Gasteiger partial charge in [0.05, 0.1) is 29.7 Å². The third kappa shape index (κ3) is 5.35. The van der Waals surface area contributed by atoms with Crippen molar-refractivity contribution in [3.63, 3.8) is 0 Å². The van der Waals surface area contributed by atoms with E-state index in [1.807, 2.05) is 0 Å². The molecule has 0 atom stereocenters. The number of furan rings is 1. The molecule has 0 bridgehead atoms. The molecule has 4 heterocycles. The van der Waals surface area contributed by atoms with E-state index in [9.17, 15) is 26.4 Å². The van der Waals surface area contributed by atoms with Crippen molar-refractivity contribution in [1.29, 1.82) is 0 Å². The number of oxazole rings is 1. The van der Waals surface area contributed by atoms with Crippen molar-refractivity contribution < 1.29 is 35.2 Å². The number of benzene rings is 2. The molecule has 0 aliphatic heterocycles. The molecule has 0 spiro atoms. The van der Waals surface area contributed by atoms with Crippen molar-refractivity contribution in [3.8, 4) is 34.0 Å². The molecule has 0 aliphatic carbocycles. The Morgan fingerprint density at radius 1 is 0.977 bits per heavy atom. The summed E-state index contributed by atoms with van der Waals surface area (Å²) >= 11 is 0. The van der Waals surface area contributed by atoms with E-state index in [1.165, 1.54) is 49.6 Å². The van der Waals surface area contributed by atoms with Crippen LogP contribution in [0.2, 0.25) is 0 Å². The highest BCUT2D eigenvalue weighted by molar-refractivity contribution is 7.92. The third-order valence-electron chi connectivity index (χ3n) is 6.79. The van der Waals surface area contributed by atoms with Crippen LogP contribution in [-0.2, 0) is 10.0 Å². The van der Waals surface area contributed by atoms with Crippen LogP contribution < -0.4 is 9.62 Å². The normalized spacial score (nSPS) is 11.9. The predicted molar refractivity (Wildman–Crippen MR) is 157 cm³/mol. The molecule has 0 unspecified atom stereocenters. The molecule has 10 nitrogen and oxygen atoms in total. The van der Waals surface area contributed by atoms with Crippen LogP contribution in [0.25, 0.3) is 56.2 Å². The Kier molecular flexibility index (Phi) is 7.29. The summed E-state index contributed by atoms with van der Waals surface area (Å²) in [7, 11) is -2.83. The van der Waals surface area contributed by atoms with Gasteiger partial charge in [0.15, 0.2) is 11.2 Å². The summed E-state index contributed by atoms with van der Waals surface area (Å²) in [6.45, 7) is -1.15. The van der Waals surface area contributed by atoms with Crippen LogP contribution in [0.1, 0.15) is 10.4 Å². The first-order valence-corrected chi connectivity index (χ1v) is 14.9. The number of amides is 1. The number of alkyl halides is 2.